The lowest BCUT2D eigenvalue weighted by atomic mass is 9.74. The lowest BCUT2D eigenvalue weighted by Crippen LogP contribution is -2.58. The summed E-state index contributed by atoms with van der Waals surface area (Å²) in [6.07, 6.45) is -5.94. The second kappa shape index (κ2) is 9.90. The second-order valence-electron chi connectivity index (χ2n) is 10.1. The molecule has 0 radical (unpaired) electrons. The molecule has 4 rings (SSSR count). The maximum atomic E-state index is 14.4. The Hall–Kier alpha value is -3.66. The van der Waals surface area contributed by atoms with Crippen LogP contribution in [0.2, 0.25) is 0 Å². The van der Waals surface area contributed by atoms with E-state index in [1.165, 1.54) is 41.8 Å². The SMILES string of the molecule is CC(C)(CC(O)(CN1CCN(C(=O)c2cccc(F)c2)c2ccccc21)C(F)(F)F)c1cc(F)ccc1O. The molecular formula is C28H27F5N2O3. The number of alkyl halides is 3. The van der Waals surface area contributed by atoms with Crippen LogP contribution in [-0.4, -0.2) is 47.5 Å². The van der Waals surface area contributed by atoms with Crippen molar-refractivity contribution in [1.29, 1.82) is 0 Å². The Morgan fingerprint density at radius 2 is 1.55 bits per heavy atom. The predicted octanol–water partition coefficient (Wildman–Crippen LogP) is 5.80. The molecule has 2 N–H and O–H groups in total. The van der Waals surface area contributed by atoms with Crippen LogP contribution in [0.3, 0.4) is 0 Å². The Morgan fingerprint density at radius 1 is 0.895 bits per heavy atom. The first kappa shape index (κ1) is 27.4. The van der Waals surface area contributed by atoms with Crippen molar-refractivity contribution in [3.8, 4) is 5.75 Å². The van der Waals surface area contributed by atoms with Gasteiger partial charge in [-0.25, -0.2) is 8.78 Å². The number of aliphatic hydroxyl groups is 1. The fourth-order valence-corrected chi connectivity index (χ4v) is 5.01. The van der Waals surface area contributed by atoms with Crippen LogP contribution in [0.15, 0.2) is 66.7 Å². The van der Waals surface area contributed by atoms with Crippen molar-refractivity contribution < 1.29 is 37.0 Å². The van der Waals surface area contributed by atoms with Crippen molar-refractivity contribution in [2.24, 2.45) is 0 Å². The number of phenols is 1. The van der Waals surface area contributed by atoms with E-state index in [1.807, 2.05) is 0 Å². The molecule has 0 bridgehead atoms. The third kappa shape index (κ3) is 5.31. The first-order valence-electron chi connectivity index (χ1n) is 11.9. The number of carbonyl (C=O) groups excluding carboxylic acids is 1. The minimum Gasteiger partial charge on any atom is -0.508 e. The second-order valence-corrected chi connectivity index (χ2v) is 10.1. The average Bonchev–Trinajstić information content (AvgIpc) is 2.84. The van der Waals surface area contributed by atoms with Crippen LogP contribution in [0, 0.1) is 11.6 Å². The number of rotatable bonds is 6. The quantitative estimate of drug-likeness (QED) is 0.393. The van der Waals surface area contributed by atoms with Crippen molar-refractivity contribution in [3.63, 3.8) is 0 Å². The smallest absolute Gasteiger partial charge is 0.418 e. The molecule has 1 atom stereocenters. The number of hydrogen-bond donors (Lipinski definition) is 2. The summed E-state index contributed by atoms with van der Waals surface area (Å²) in [6.45, 7) is 1.87. The van der Waals surface area contributed by atoms with Crippen molar-refractivity contribution >= 4 is 17.3 Å². The number of anilines is 2. The highest BCUT2D eigenvalue weighted by atomic mass is 19.4. The number of halogens is 5. The van der Waals surface area contributed by atoms with E-state index in [1.54, 1.807) is 24.3 Å². The molecule has 0 fully saturated rings. The zero-order valence-corrected chi connectivity index (χ0v) is 20.8. The fraction of sp³-hybridized carbons (Fsp3) is 0.321. The predicted molar refractivity (Wildman–Crippen MR) is 133 cm³/mol. The van der Waals surface area contributed by atoms with E-state index in [9.17, 15) is 37.0 Å². The van der Waals surface area contributed by atoms with E-state index >= 15 is 0 Å². The summed E-state index contributed by atoms with van der Waals surface area (Å²) in [5, 5.41) is 21.3. The fourth-order valence-electron chi connectivity index (χ4n) is 5.01. The molecule has 0 aromatic heterocycles. The lowest BCUT2D eigenvalue weighted by molar-refractivity contribution is -0.262. The Kier molecular flexibility index (Phi) is 7.13. The molecule has 202 valence electrons. The summed E-state index contributed by atoms with van der Waals surface area (Å²) in [6, 6.07) is 14.5. The third-order valence-electron chi connectivity index (χ3n) is 6.83. The van der Waals surface area contributed by atoms with Gasteiger partial charge >= 0.3 is 6.18 Å². The van der Waals surface area contributed by atoms with E-state index in [0.29, 0.717) is 5.69 Å². The van der Waals surface area contributed by atoms with Crippen LogP contribution >= 0.6 is 0 Å². The number of aromatic hydroxyl groups is 1. The van der Waals surface area contributed by atoms with Gasteiger partial charge in [-0.05, 0) is 60.4 Å². The van der Waals surface area contributed by atoms with Crippen LogP contribution in [0.4, 0.5) is 33.3 Å². The molecular weight excluding hydrogens is 507 g/mol. The Morgan fingerprint density at radius 3 is 2.21 bits per heavy atom. The first-order valence-corrected chi connectivity index (χ1v) is 11.9. The van der Waals surface area contributed by atoms with Crippen LogP contribution in [0.1, 0.15) is 36.2 Å². The first-order chi connectivity index (χ1) is 17.7. The van der Waals surface area contributed by atoms with Gasteiger partial charge in [0, 0.05) is 24.2 Å². The van der Waals surface area contributed by atoms with Gasteiger partial charge in [-0.1, -0.05) is 32.0 Å². The zero-order chi connectivity index (χ0) is 27.9. The number of carbonyl (C=O) groups is 1. The number of β-amino-alcohol motifs (C(OH)–C–C–N with tert-alkyl or cyclic N) is 1. The van der Waals surface area contributed by atoms with Crippen molar-refractivity contribution in [2.75, 3.05) is 29.4 Å². The van der Waals surface area contributed by atoms with Gasteiger partial charge in [-0.3, -0.25) is 4.79 Å². The normalized spacial score (nSPS) is 15.7. The van der Waals surface area contributed by atoms with Crippen LogP contribution < -0.4 is 9.80 Å². The molecule has 1 amide bonds. The van der Waals surface area contributed by atoms with Gasteiger partial charge in [0.05, 0.1) is 17.9 Å². The van der Waals surface area contributed by atoms with Crippen LogP contribution in [0.25, 0.3) is 0 Å². The van der Waals surface area contributed by atoms with E-state index in [0.717, 1.165) is 24.3 Å². The molecule has 0 saturated carbocycles. The summed E-state index contributed by atoms with van der Waals surface area (Å²) < 4.78 is 70.8. The van der Waals surface area contributed by atoms with Crippen molar-refractivity contribution in [3.05, 3.63) is 89.5 Å². The Balaban J connectivity index is 1.66. The highest BCUT2D eigenvalue weighted by molar-refractivity contribution is 6.08. The van der Waals surface area contributed by atoms with E-state index in [-0.39, 0.29) is 35.7 Å². The van der Waals surface area contributed by atoms with Gasteiger partial charge in [0.1, 0.15) is 17.4 Å². The minimum absolute atomic E-state index is 0.00558. The third-order valence-corrected chi connectivity index (χ3v) is 6.83. The number of phenolic OH excluding ortho intramolecular Hbond substituents is 1. The topological polar surface area (TPSA) is 64.0 Å². The summed E-state index contributed by atoms with van der Waals surface area (Å²) in [5.41, 5.74) is -4.08. The van der Waals surface area contributed by atoms with Crippen LogP contribution in [0.5, 0.6) is 5.75 Å². The number of fused-ring (bicyclic) bond motifs is 1. The number of para-hydroxylation sites is 2. The molecule has 0 spiro atoms. The average molecular weight is 535 g/mol. The molecule has 1 heterocycles. The zero-order valence-electron chi connectivity index (χ0n) is 20.8. The summed E-state index contributed by atoms with van der Waals surface area (Å²) in [7, 11) is 0. The number of benzene rings is 3. The molecule has 1 aliphatic rings. The van der Waals surface area contributed by atoms with Gasteiger partial charge in [-0.2, -0.15) is 13.2 Å². The van der Waals surface area contributed by atoms with E-state index in [2.05, 4.69) is 0 Å². The number of amides is 1. The molecule has 3 aromatic rings. The molecule has 1 aliphatic heterocycles. The van der Waals surface area contributed by atoms with Crippen molar-refractivity contribution in [1.82, 2.24) is 0 Å². The molecule has 0 aliphatic carbocycles. The maximum Gasteiger partial charge on any atom is 0.418 e. The summed E-state index contributed by atoms with van der Waals surface area (Å²) in [4.78, 5) is 15.8. The highest BCUT2D eigenvalue weighted by Crippen LogP contribution is 2.45. The van der Waals surface area contributed by atoms with Gasteiger partial charge in [-0.15, -0.1) is 0 Å². The monoisotopic (exact) mass is 534 g/mol. The van der Waals surface area contributed by atoms with Gasteiger partial charge in [0.2, 0.25) is 0 Å². The molecule has 5 nitrogen and oxygen atoms in total. The van der Waals surface area contributed by atoms with Crippen LogP contribution in [-0.2, 0) is 5.41 Å². The molecule has 10 heteroatoms. The highest BCUT2D eigenvalue weighted by Gasteiger charge is 2.57. The molecule has 0 saturated heterocycles. The molecule has 1 unspecified atom stereocenters. The van der Waals surface area contributed by atoms with Gasteiger partial charge in [0.15, 0.2) is 5.60 Å². The molecule has 38 heavy (non-hydrogen) atoms. The minimum atomic E-state index is -5.07. The van der Waals surface area contributed by atoms with E-state index in [4.69, 9.17) is 0 Å². The number of nitrogens with zero attached hydrogens (tertiary/aromatic N) is 2. The lowest BCUT2D eigenvalue weighted by Gasteiger charge is -2.44. The van der Waals surface area contributed by atoms with Gasteiger partial charge in [0.25, 0.3) is 5.91 Å². The summed E-state index contributed by atoms with van der Waals surface area (Å²) >= 11 is 0. The number of hydrogen-bond acceptors (Lipinski definition) is 4. The van der Waals surface area contributed by atoms with Gasteiger partial charge < -0.3 is 20.0 Å². The Labute approximate surface area is 216 Å². The summed E-state index contributed by atoms with van der Waals surface area (Å²) in [5.74, 6) is -2.21. The maximum absolute atomic E-state index is 14.4. The largest absolute Gasteiger partial charge is 0.508 e. The van der Waals surface area contributed by atoms with E-state index < -0.39 is 47.7 Å². The molecule has 3 aromatic carbocycles. The van der Waals surface area contributed by atoms with Crippen molar-refractivity contribution in [2.45, 2.75) is 37.5 Å². The standard InChI is InChI=1S/C28H27F5N2O3/c1-26(2,21-15-20(30)10-11-24(21)36)16-27(38,28(31,32)33)17-34-12-13-35(23-9-4-3-8-22(23)34)25(37)18-6-5-7-19(29)14-18/h3-11,14-15,36,38H,12-13,16-17H2,1-2H3. The Bertz CT molecular complexity index is 1340.